The molecule has 0 amide bonds. The number of benzene rings is 1. The maximum absolute atomic E-state index is 13.2. The van der Waals surface area contributed by atoms with Crippen molar-refractivity contribution in [1.29, 1.82) is 0 Å². The first kappa shape index (κ1) is 31.7. The fourth-order valence-electron chi connectivity index (χ4n) is 5.07. The molecule has 0 bridgehead atoms. The molecule has 202 valence electrons. The minimum atomic E-state index is -0.113. The van der Waals surface area contributed by atoms with Gasteiger partial charge < -0.3 is 4.74 Å². The van der Waals surface area contributed by atoms with Crippen molar-refractivity contribution in [3.8, 4) is 0 Å². The zero-order valence-corrected chi connectivity index (χ0v) is 23.7. The molecule has 0 aliphatic rings. The zero-order valence-electron chi connectivity index (χ0n) is 23.7. The Hall–Kier alpha value is -1.31. The third-order valence-corrected chi connectivity index (χ3v) is 7.45. The molecule has 1 rings (SSSR count). The maximum Gasteiger partial charge on any atom is 0.309 e. The van der Waals surface area contributed by atoms with Crippen LogP contribution in [0.4, 0.5) is 0 Å². The summed E-state index contributed by atoms with van der Waals surface area (Å²) in [5, 5.41) is 0. The standard InChI is InChI=1S/C33H58O2/c1-4-7-9-11-13-15-16-18-20-23-29-31(28-22-19-17-14-12-10-8-5-2)33(34)35-32(6-3)30-26-24-21-25-27-30/h21,24-27,31-32H,4-20,22-23,28-29H2,1-3H3. The summed E-state index contributed by atoms with van der Waals surface area (Å²) in [6.45, 7) is 6.66. The van der Waals surface area contributed by atoms with Crippen molar-refractivity contribution < 1.29 is 9.53 Å². The molecule has 0 saturated carbocycles. The molecule has 0 radical (unpaired) electrons. The second kappa shape index (κ2) is 23.1. The van der Waals surface area contributed by atoms with Crippen LogP contribution in [-0.4, -0.2) is 5.97 Å². The number of hydrogen-bond donors (Lipinski definition) is 0. The van der Waals surface area contributed by atoms with Crippen molar-refractivity contribution in [2.75, 3.05) is 0 Å². The molecule has 0 aromatic heterocycles. The summed E-state index contributed by atoms with van der Waals surface area (Å²) in [4.78, 5) is 13.2. The first-order chi connectivity index (χ1) is 17.2. The third kappa shape index (κ3) is 16.9. The fourth-order valence-corrected chi connectivity index (χ4v) is 5.07. The number of carbonyl (C=O) groups is 1. The van der Waals surface area contributed by atoms with Crippen LogP contribution in [0.3, 0.4) is 0 Å². The van der Waals surface area contributed by atoms with Crippen LogP contribution in [0, 0.1) is 5.92 Å². The lowest BCUT2D eigenvalue weighted by atomic mass is 9.93. The van der Waals surface area contributed by atoms with Gasteiger partial charge in [-0.25, -0.2) is 0 Å². The van der Waals surface area contributed by atoms with Crippen molar-refractivity contribution in [2.45, 2.75) is 162 Å². The zero-order chi connectivity index (χ0) is 25.4. The molecule has 0 spiro atoms. The van der Waals surface area contributed by atoms with Crippen molar-refractivity contribution in [2.24, 2.45) is 5.92 Å². The van der Waals surface area contributed by atoms with Gasteiger partial charge in [-0.3, -0.25) is 4.79 Å². The first-order valence-electron chi connectivity index (χ1n) is 15.5. The van der Waals surface area contributed by atoms with E-state index in [0.717, 1.165) is 37.7 Å². The van der Waals surface area contributed by atoms with E-state index in [0.29, 0.717) is 0 Å². The van der Waals surface area contributed by atoms with Gasteiger partial charge in [-0.05, 0) is 24.8 Å². The van der Waals surface area contributed by atoms with Gasteiger partial charge in [0, 0.05) is 0 Å². The van der Waals surface area contributed by atoms with E-state index in [1.54, 1.807) is 0 Å². The molecule has 35 heavy (non-hydrogen) atoms. The van der Waals surface area contributed by atoms with Crippen molar-refractivity contribution >= 4 is 5.97 Å². The second-order valence-electron chi connectivity index (χ2n) is 10.7. The predicted octanol–water partition coefficient (Wildman–Crippen LogP) is 11.1. The van der Waals surface area contributed by atoms with Crippen LogP contribution >= 0.6 is 0 Å². The molecule has 0 saturated heterocycles. The van der Waals surface area contributed by atoms with Gasteiger partial charge in [0.2, 0.25) is 0 Å². The molecule has 0 heterocycles. The Bertz CT molecular complexity index is 582. The van der Waals surface area contributed by atoms with E-state index < -0.39 is 0 Å². The smallest absolute Gasteiger partial charge is 0.309 e. The van der Waals surface area contributed by atoms with Crippen LogP contribution < -0.4 is 0 Å². The summed E-state index contributed by atoms with van der Waals surface area (Å²) in [5.74, 6) is 0.112. The number of unbranched alkanes of at least 4 members (excludes halogenated alkanes) is 16. The van der Waals surface area contributed by atoms with Crippen LogP contribution in [0.5, 0.6) is 0 Å². The summed E-state index contributed by atoms with van der Waals surface area (Å²) in [6.07, 6.45) is 26.6. The van der Waals surface area contributed by atoms with Gasteiger partial charge in [0.05, 0.1) is 5.92 Å². The molecule has 0 aliphatic heterocycles. The third-order valence-electron chi connectivity index (χ3n) is 7.45. The van der Waals surface area contributed by atoms with Crippen molar-refractivity contribution in [1.82, 2.24) is 0 Å². The molecule has 2 nitrogen and oxygen atoms in total. The van der Waals surface area contributed by atoms with Crippen LogP contribution in [0.2, 0.25) is 0 Å². The molecule has 2 atom stereocenters. The van der Waals surface area contributed by atoms with E-state index in [9.17, 15) is 4.79 Å². The van der Waals surface area contributed by atoms with E-state index in [1.165, 1.54) is 103 Å². The SMILES string of the molecule is CCCCCCCCCCCCC(CCCCCCCCCC)C(=O)OC(CC)c1ccccc1. The quantitative estimate of drug-likeness (QED) is 0.107. The maximum atomic E-state index is 13.2. The van der Waals surface area contributed by atoms with E-state index >= 15 is 0 Å². The van der Waals surface area contributed by atoms with Gasteiger partial charge in [-0.15, -0.1) is 0 Å². The number of esters is 1. The average Bonchev–Trinajstić information content (AvgIpc) is 2.89. The average molecular weight is 487 g/mol. The number of carbonyl (C=O) groups excluding carboxylic acids is 1. The number of rotatable bonds is 24. The van der Waals surface area contributed by atoms with Crippen LogP contribution in [0.15, 0.2) is 30.3 Å². The molecular weight excluding hydrogens is 428 g/mol. The highest BCUT2D eigenvalue weighted by molar-refractivity contribution is 5.72. The van der Waals surface area contributed by atoms with E-state index in [-0.39, 0.29) is 18.0 Å². The summed E-state index contributed by atoms with van der Waals surface area (Å²) in [7, 11) is 0. The Balaban J connectivity index is 2.39. The van der Waals surface area contributed by atoms with Crippen molar-refractivity contribution in [3.05, 3.63) is 35.9 Å². The Kier molecular flexibility index (Phi) is 20.9. The van der Waals surface area contributed by atoms with Gasteiger partial charge in [-0.2, -0.15) is 0 Å². The van der Waals surface area contributed by atoms with E-state index in [1.807, 2.05) is 18.2 Å². The van der Waals surface area contributed by atoms with E-state index in [2.05, 4.69) is 32.9 Å². The Morgan fingerprint density at radius 3 is 1.40 bits per heavy atom. The van der Waals surface area contributed by atoms with Gasteiger partial charge >= 0.3 is 5.97 Å². The topological polar surface area (TPSA) is 26.3 Å². The number of ether oxygens (including phenoxy) is 1. The van der Waals surface area contributed by atoms with Crippen LogP contribution in [0.1, 0.15) is 167 Å². The monoisotopic (exact) mass is 486 g/mol. The molecule has 1 aromatic rings. The van der Waals surface area contributed by atoms with E-state index in [4.69, 9.17) is 4.74 Å². The molecular formula is C33H58O2. The van der Waals surface area contributed by atoms with Gasteiger partial charge in [0.15, 0.2) is 0 Å². The predicted molar refractivity (Wildman–Crippen MR) is 153 cm³/mol. The molecule has 2 unspecified atom stereocenters. The summed E-state index contributed by atoms with van der Waals surface area (Å²) >= 11 is 0. The largest absolute Gasteiger partial charge is 0.457 e. The normalized spacial score (nSPS) is 13.0. The van der Waals surface area contributed by atoms with Crippen LogP contribution in [-0.2, 0) is 9.53 Å². The minimum absolute atomic E-state index is 0.0413. The minimum Gasteiger partial charge on any atom is -0.457 e. The Labute approximate surface area is 219 Å². The van der Waals surface area contributed by atoms with Gasteiger partial charge in [-0.1, -0.05) is 167 Å². The lowest BCUT2D eigenvalue weighted by molar-refractivity contribution is -0.155. The molecule has 0 aliphatic carbocycles. The second-order valence-corrected chi connectivity index (χ2v) is 10.7. The number of hydrogen-bond acceptors (Lipinski definition) is 2. The van der Waals surface area contributed by atoms with Gasteiger partial charge in [0.25, 0.3) is 0 Å². The summed E-state index contributed by atoms with van der Waals surface area (Å²) < 4.78 is 6.07. The highest BCUT2D eigenvalue weighted by Gasteiger charge is 2.23. The van der Waals surface area contributed by atoms with Crippen molar-refractivity contribution in [3.63, 3.8) is 0 Å². The first-order valence-corrected chi connectivity index (χ1v) is 15.5. The molecule has 1 aromatic carbocycles. The lowest BCUT2D eigenvalue weighted by Gasteiger charge is -2.21. The highest BCUT2D eigenvalue weighted by Crippen LogP contribution is 2.26. The summed E-state index contributed by atoms with van der Waals surface area (Å²) in [5.41, 5.74) is 1.12. The van der Waals surface area contributed by atoms with Crippen LogP contribution in [0.25, 0.3) is 0 Å². The van der Waals surface area contributed by atoms with Gasteiger partial charge in [0.1, 0.15) is 6.10 Å². The molecule has 2 heteroatoms. The molecule has 0 N–H and O–H groups in total. The Morgan fingerprint density at radius 2 is 1.00 bits per heavy atom. The lowest BCUT2D eigenvalue weighted by Crippen LogP contribution is -2.20. The Morgan fingerprint density at radius 1 is 0.600 bits per heavy atom. The highest BCUT2D eigenvalue weighted by atomic mass is 16.5. The fraction of sp³-hybridized carbons (Fsp3) is 0.788. The molecule has 0 fully saturated rings. The summed E-state index contributed by atoms with van der Waals surface area (Å²) in [6, 6.07) is 10.3.